The van der Waals surface area contributed by atoms with Gasteiger partial charge >= 0.3 is 0 Å². The third-order valence-corrected chi connectivity index (χ3v) is 6.77. The fraction of sp³-hybridized carbons (Fsp3) is 0.458. The molecular weight excluding hydrogens is 348 g/mol. The van der Waals surface area contributed by atoms with Gasteiger partial charge in [-0.2, -0.15) is 0 Å². The largest absolute Gasteiger partial charge is 0.491 e. The van der Waals surface area contributed by atoms with E-state index in [1.54, 1.807) is 0 Å². The van der Waals surface area contributed by atoms with Crippen molar-refractivity contribution in [3.8, 4) is 5.75 Å². The number of hydrogen-bond donors (Lipinski definition) is 1. The lowest BCUT2D eigenvalue weighted by Gasteiger charge is -2.42. The third kappa shape index (κ3) is 2.51. The fourth-order valence-corrected chi connectivity index (χ4v) is 5.11. The molecule has 1 fully saturated rings. The van der Waals surface area contributed by atoms with Gasteiger partial charge in [0.25, 0.3) is 0 Å². The van der Waals surface area contributed by atoms with Gasteiger partial charge in [-0.05, 0) is 69.3 Å². The Balaban J connectivity index is 1.55. The molecule has 3 aliphatic heterocycles. The van der Waals surface area contributed by atoms with E-state index in [2.05, 4.69) is 55.3 Å². The zero-order chi connectivity index (χ0) is 19.5. The number of nitrogens with one attached hydrogen (secondary N) is 1. The fourth-order valence-electron chi connectivity index (χ4n) is 5.11. The molecule has 2 aromatic rings. The van der Waals surface area contributed by atoms with Crippen molar-refractivity contribution in [2.24, 2.45) is 0 Å². The maximum atomic E-state index is 13.1. The van der Waals surface area contributed by atoms with E-state index in [1.165, 1.54) is 18.4 Å². The molecule has 2 atom stereocenters. The van der Waals surface area contributed by atoms with Crippen LogP contribution in [-0.2, 0) is 10.2 Å². The van der Waals surface area contributed by atoms with Gasteiger partial charge in [0, 0.05) is 23.3 Å². The van der Waals surface area contributed by atoms with Gasteiger partial charge in [-0.3, -0.25) is 9.69 Å². The lowest BCUT2D eigenvalue weighted by Crippen LogP contribution is -2.46. The molecule has 1 amide bonds. The quantitative estimate of drug-likeness (QED) is 0.807. The Morgan fingerprint density at radius 2 is 1.96 bits per heavy atom. The molecular formula is C24H28N2O2. The lowest BCUT2D eigenvalue weighted by atomic mass is 9.75. The monoisotopic (exact) mass is 376 g/mol. The van der Waals surface area contributed by atoms with Crippen molar-refractivity contribution >= 4 is 11.6 Å². The van der Waals surface area contributed by atoms with E-state index in [1.807, 2.05) is 18.2 Å². The smallest absolute Gasteiger partial charge is 0.243 e. The summed E-state index contributed by atoms with van der Waals surface area (Å²) in [7, 11) is 0. The maximum absolute atomic E-state index is 13.1. The van der Waals surface area contributed by atoms with Gasteiger partial charge < -0.3 is 10.1 Å². The highest BCUT2D eigenvalue weighted by Gasteiger charge is 2.53. The summed E-state index contributed by atoms with van der Waals surface area (Å²) in [5, 5.41) is 3.07. The van der Waals surface area contributed by atoms with E-state index in [0.29, 0.717) is 12.5 Å². The van der Waals surface area contributed by atoms with Crippen LogP contribution in [0.1, 0.15) is 56.2 Å². The Morgan fingerprint density at radius 3 is 2.79 bits per heavy atom. The van der Waals surface area contributed by atoms with Crippen LogP contribution in [-0.4, -0.2) is 36.0 Å². The van der Waals surface area contributed by atoms with Crippen LogP contribution >= 0.6 is 0 Å². The molecule has 28 heavy (non-hydrogen) atoms. The predicted molar refractivity (Wildman–Crippen MR) is 111 cm³/mol. The summed E-state index contributed by atoms with van der Waals surface area (Å²) in [5.41, 5.74) is 3.78. The van der Waals surface area contributed by atoms with Gasteiger partial charge in [-0.25, -0.2) is 0 Å². The van der Waals surface area contributed by atoms with Crippen LogP contribution < -0.4 is 10.1 Å². The van der Waals surface area contributed by atoms with Gasteiger partial charge in [0.15, 0.2) is 0 Å². The second kappa shape index (κ2) is 6.08. The maximum Gasteiger partial charge on any atom is 0.243 e. The highest BCUT2D eigenvalue weighted by molar-refractivity contribution is 6.09. The molecule has 5 rings (SSSR count). The number of carbonyl (C=O) groups excluding carboxylic acids is 1. The first kappa shape index (κ1) is 17.7. The molecule has 4 nitrogen and oxygen atoms in total. The molecule has 0 aromatic heterocycles. The van der Waals surface area contributed by atoms with E-state index >= 15 is 0 Å². The van der Waals surface area contributed by atoms with Crippen molar-refractivity contribution in [3.63, 3.8) is 0 Å². The highest BCUT2D eigenvalue weighted by atomic mass is 16.5. The SMILES string of the molecule is CC(C)(C)N1CCCC(c2ccc3c(c2)C2(CO3)C(=O)Nc3ccccc32)C1. The Bertz CT molecular complexity index is 946. The normalized spacial score (nSPS) is 26.7. The predicted octanol–water partition coefficient (Wildman–Crippen LogP) is 4.30. The van der Waals surface area contributed by atoms with Crippen molar-refractivity contribution in [1.29, 1.82) is 0 Å². The van der Waals surface area contributed by atoms with Crippen LogP contribution in [0.15, 0.2) is 42.5 Å². The molecule has 0 saturated carbocycles. The molecule has 0 radical (unpaired) electrons. The average molecular weight is 377 g/mol. The molecule has 0 bridgehead atoms. The average Bonchev–Trinajstić information content (AvgIpc) is 3.21. The van der Waals surface area contributed by atoms with E-state index in [9.17, 15) is 4.79 Å². The van der Waals surface area contributed by atoms with Gasteiger partial charge in [-0.15, -0.1) is 0 Å². The first-order valence-electron chi connectivity index (χ1n) is 10.3. The Labute approximate surface area is 166 Å². The van der Waals surface area contributed by atoms with Crippen molar-refractivity contribution in [1.82, 2.24) is 4.90 Å². The molecule has 0 aliphatic carbocycles. The summed E-state index contributed by atoms with van der Waals surface area (Å²) in [6.07, 6.45) is 2.41. The van der Waals surface area contributed by atoms with Crippen LogP contribution in [0.5, 0.6) is 5.75 Å². The summed E-state index contributed by atoms with van der Waals surface area (Å²) < 4.78 is 6.01. The Morgan fingerprint density at radius 1 is 1.14 bits per heavy atom. The second-order valence-corrected chi connectivity index (χ2v) is 9.41. The number of ether oxygens (including phenoxy) is 1. The molecule has 2 aromatic carbocycles. The second-order valence-electron chi connectivity index (χ2n) is 9.41. The van der Waals surface area contributed by atoms with Crippen LogP contribution in [0.25, 0.3) is 0 Å². The van der Waals surface area contributed by atoms with Crippen LogP contribution in [0.3, 0.4) is 0 Å². The molecule has 1 saturated heterocycles. The number of likely N-dealkylation sites (tertiary alicyclic amines) is 1. The summed E-state index contributed by atoms with van der Waals surface area (Å²) in [6, 6.07) is 14.5. The molecule has 4 heteroatoms. The number of carbonyl (C=O) groups is 1. The van der Waals surface area contributed by atoms with Crippen molar-refractivity contribution in [3.05, 3.63) is 59.2 Å². The van der Waals surface area contributed by atoms with Gasteiger partial charge in [0.2, 0.25) is 5.91 Å². The van der Waals surface area contributed by atoms with Crippen LogP contribution in [0.2, 0.25) is 0 Å². The first-order chi connectivity index (χ1) is 13.4. The van der Waals surface area contributed by atoms with E-state index in [0.717, 1.165) is 35.7 Å². The summed E-state index contributed by atoms with van der Waals surface area (Å²) >= 11 is 0. The molecule has 1 spiro atoms. The highest BCUT2D eigenvalue weighted by Crippen LogP contribution is 2.50. The number of nitrogens with zero attached hydrogens (tertiary/aromatic N) is 1. The minimum Gasteiger partial charge on any atom is -0.491 e. The number of piperidine rings is 1. The zero-order valence-electron chi connectivity index (χ0n) is 16.9. The van der Waals surface area contributed by atoms with E-state index in [-0.39, 0.29) is 11.4 Å². The summed E-state index contributed by atoms with van der Waals surface area (Å²) in [4.78, 5) is 15.7. The summed E-state index contributed by atoms with van der Waals surface area (Å²) in [6.45, 7) is 9.49. The van der Waals surface area contributed by atoms with Gasteiger partial charge in [-0.1, -0.05) is 30.3 Å². The number of benzene rings is 2. The van der Waals surface area contributed by atoms with E-state index < -0.39 is 5.41 Å². The number of rotatable bonds is 1. The Kier molecular flexibility index (Phi) is 3.86. The standard InChI is InChI=1S/C24H28N2O2/c1-23(2,3)26-12-6-7-17(14-26)16-10-11-21-19(13-16)24(15-28-21)18-8-4-5-9-20(18)25-22(24)27/h4-5,8-11,13,17H,6-7,12,14-15H2,1-3H3,(H,25,27). The minimum absolute atomic E-state index is 0.0320. The van der Waals surface area contributed by atoms with Gasteiger partial charge in [0.1, 0.15) is 17.8 Å². The lowest BCUT2D eigenvalue weighted by molar-refractivity contribution is -0.119. The first-order valence-corrected chi connectivity index (χ1v) is 10.3. The van der Waals surface area contributed by atoms with Crippen LogP contribution in [0, 0.1) is 0 Å². The topological polar surface area (TPSA) is 41.6 Å². The molecule has 1 N–H and O–H groups in total. The van der Waals surface area contributed by atoms with Crippen molar-refractivity contribution < 1.29 is 9.53 Å². The van der Waals surface area contributed by atoms with Crippen molar-refractivity contribution in [2.75, 3.05) is 25.0 Å². The number of anilines is 1. The van der Waals surface area contributed by atoms with E-state index in [4.69, 9.17) is 4.74 Å². The third-order valence-electron chi connectivity index (χ3n) is 6.77. The zero-order valence-corrected chi connectivity index (χ0v) is 16.9. The number of hydrogen-bond acceptors (Lipinski definition) is 3. The number of para-hydroxylation sites is 1. The molecule has 2 unspecified atom stereocenters. The summed E-state index contributed by atoms with van der Waals surface area (Å²) in [5.74, 6) is 1.37. The number of amides is 1. The minimum atomic E-state index is -0.708. The molecule has 3 aliphatic rings. The van der Waals surface area contributed by atoms with Crippen molar-refractivity contribution in [2.45, 2.75) is 50.5 Å². The van der Waals surface area contributed by atoms with Crippen LogP contribution in [0.4, 0.5) is 5.69 Å². The molecule has 146 valence electrons. The van der Waals surface area contributed by atoms with Gasteiger partial charge in [0.05, 0.1) is 0 Å². The Hall–Kier alpha value is -2.33. The number of fused-ring (bicyclic) bond motifs is 4. The molecule has 3 heterocycles.